The van der Waals surface area contributed by atoms with Crippen LogP contribution in [0.3, 0.4) is 0 Å². The Hall–Kier alpha value is -2.92. The van der Waals surface area contributed by atoms with Crippen molar-refractivity contribution in [1.29, 1.82) is 0 Å². The van der Waals surface area contributed by atoms with Gasteiger partial charge in [0.1, 0.15) is 0 Å². The number of hydrogen-bond donors (Lipinski definition) is 1. The van der Waals surface area contributed by atoms with Gasteiger partial charge in [0.25, 0.3) is 0 Å². The van der Waals surface area contributed by atoms with Crippen molar-refractivity contribution in [1.82, 2.24) is 13.9 Å². The number of nitrogens with one attached hydrogen (secondary N) is 1. The minimum Gasteiger partial charge on any atom is -0.326 e. The molecule has 0 atom stereocenters. The molecule has 0 aliphatic rings. The average Bonchev–Trinajstić information content (AvgIpc) is 3.13. The fraction of sp³-hybridized carbons (Fsp3) is 0.364. The number of imidazole rings is 1. The predicted molar refractivity (Wildman–Crippen MR) is 119 cm³/mol. The summed E-state index contributed by atoms with van der Waals surface area (Å²) in [6, 6.07) is 10.7. The van der Waals surface area contributed by atoms with Crippen LogP contribution in [0.25, 0.3) is 11.0 Å². The SMILES string of the molecule is CCN(CC)S(=O)(=O)c1ccc2c(c1)nc(C(F)(F)F)n2CCC(=O)Nc1ccc(C)cc1. The summed E-state index contributed by atoms with van der Waals surface area (Å²) in [6.07, 6.45) is -4.99. The van der Waals surface area contributed by atoms with Gasteiger partial charge in [-0.05, 0) is 37.3 Å². The van der Waals surface area contributed by atoms with Crippen LogP contribution in [0.2, 0.25) is 0 Å². The van der Waals surface area contributed by atoms with Crippen molar-refractivity contribution in [2.45, 2.75) is 44.8 Å². The van der Waals surface area contributed by atoms with E-state index in [0.717, 1.165) is 16.2 Å². The smallest absolute Gasteiger partial charge is 0.326 e. The molecule has 1 aromatic heterocycles. The molecule has 3 aromatic rings. The van der Waals surface area contributed by atoms with E-state index >= 15 is 0 Å². The predicted octanol–water partition coefficient (Wildman–Crippen LogP) is 4.42. The largest absolute Gasteiger partial charge is 0.449 e. The molecule has 1 N–H and O–H groups in total. The lowest BCUT2D eigenvalue weighted by Crippen LogP contribution is -2.30. The number of hydrogen-bond acceptors (Lipinski definition) is 4. The molecule has 178 valence electrons. The summed E-state index contributed by atoms with van der Waals surface area (Å²) in [5.41, 5.74) is 1.55. The minimum absolute atomic E-state index is 0.101. The fourth-order valence-electron chi connectivity index (χ4n) is 3.50. The third-order valence-corrected chi connectivity index (χ3v) is 7.26. The van der Waals surface area contributed by atoms with Crippen molar-refractivity contribution in [3.8, 4) is 0 Å². The lowest BCUT2D eigenvalue weighted by atomic mass is 10.2. The van der Waals surface area contributed by atoms with Gasteiger partial charge in [0.05, 0.1) is 15.9 Å². The molecule has 1 amide bonds. The lowest BCUT2D eigenvalue weighted by molar-refractivity contribution is -0.147. The van der Waals surface area contributed by atoms with E-state index in [9.17, 15) is 26.4 Å². The Kier molecular flexibility index (Phi) is 7.13. The summed E-state index contributed by atoms with van der Waals surface area (Å²) in [7, 11) is -3.86. The third-order valence-electron chi connectivity index (χ3n) is 5.21. The molecule has 1 heterocycles. The van der Waals surface area contributed by atoms with Crippen LogP contribution in [-0.2, 0) is 27.5 Å². The molecule has 0 saturated heterocycles. The van der Waals surface area contributed by atoms with Crippen LogP contribution in [0.15, 0.2) is 47.4 Å². The summed E-state index contributed by atoms with van der Waals surface area (Å²) < 4.78 is 68.6. The fourth-order valence-corrected chi connectivity index (χ4v) is 4.98. The highest BCUT2D eigenvalue weighted by atomic mass is 32.2. The molecule has 3 rings (SSSR count). The molecule has 0 bridgehead atoms. The molecule has 33 heavy (non-hydrogen) atoms. The Morgan fingerprint density at radius 1 is 1.09 bits per heavy atom. The van der Waals surface area contributed by atoms with Gasteiger partial charge >= 0.3 is 6.18 Å². The molecule has 0 unspecified atom stereocenters. The number of fused-ring (bicyclic) bond motifs is 1. The van der Waals surface area contributed by atoms with E-state index in [-0.39, 0.29) is 42.0 Å². The van der Waals surface area contributed by atoms with Crippen molar-refractivity contribution in [2.24, 2.45) is 0 Å². The van der Waals surface area contributed by atoms with Gasteiger partial charge in [-0.3, -0.25) is 4.79 Å². The highest BCUT2D eigenvalue weighted by Crippen LogP contribution is 2.33. The monoisotopic (exact) mass is 482 g/mol. The summed E-state index contributed by atoms with van der Waals surface area (Å²) in [5.74, 6) is -1.63. The van der Waals surface area contributed by atoms with Crippen LogP contribution >= 0.6 is 0 Å². The van der Waals surface area contributed by atoms with Crippen molar-refractivity contribution in [3.63, 3.8) is 0 Å². The molecule has 0 aliphatic heterocycles. The summed E-state index contributed by atoms with van der Waals surface area (Å²) in [5, 5.41) is 2.65. The van der Waals surface area contributed by atoms with Gasteiger partial charge < -0.3 is 9.88 Å². The quantitative estimate of drug-likeness (QED) is 0.515. The summed E-state index contributed by atoms with van der Waals surface area (Å²) >= 11 is 0. The Balaban J connectivity index is 1.91. The van der Waals surface area contributed by atoms with Gasteiger partial charge in [0, 0.05) is 31.7 Å². The number of carbonyl (C=O) groups is 1. The zero-order valence-electron chi connectivity index (χ0n) is 18.5. The molecule has 0 aliphatic carbocycles. The van der Waals surface area contributed by atoms with E-state index in [0.29, 0.717) is 5.69 Å². The second-order valence-corrected chi connectivity index (χ2v) is 9.43. The maximum absolute atomic E-state index is 13.7. The van der Waals surface area contributed by atoms with E-state index < -0.39 is 27.9 Å². The van der Waals surface area contributed by atoms with Gasteiger partial charge in [0.2, 0.25) is 21.8 Å². The number of aryl methyl sites for hydroxylation is 2. The van der Waals surface area contributed by atoms with E-state index in [1.807, 2.05) is 19.1 Å². The van der Waals surface area contributed by atoms with Crippen LogP contribution in [0, 0.1) is 6.92 Å². The second kappa shape index (κ2) is 9.52. The molecule has 0 spiro atoms. The molecule has 0 radical (unpaired) electrons. The zero-order chi connectivity index (χ0) is 24.4. The van der Waals surface area contributed by atoms with Crippen LogP contribution in [0.5, 0.6) is 0 Å². The Morgan fingerprint density at radius 2 is 1.73 bits per heavy atom. The van der Waals surface area contributed by atoms with E-state index in [4.69, 9.17) is 0 Å². The van der Waals surface area contributed by atoms with Crippen molar-refractivity contribution in [2.75, 3.05) is 18.4 Å². The molecule has 2 aromatic carbocycles. The number of aromatic nitrogens is 2. The van der Waals surface area contributed by atoms with Crippen LogP contribution in [-0.4, -0.2) is 41.3 Å². The molecule has 0 fully saturated rings. The lowest BCUT2D eigenvalue weighted by Gasteiger charge is -2.18. The van der Waals surface area contributed by atoms with E-state index in [1.165, 1.54) is 16.4 Å². The van der Waals surface area contributed by atoms with Gasteiger partial charge in [-0.25, -0.2) is 13.4 Å². The third kappa shape index (κ3) is 5.36. The molecule has 0 saturated carbocycles. The van der Waals surface area contributed by atoms with Crippen molar-refractivity contribution < 1.29 is 26.4 Å². The number of nitrogens with zero attached hydrogens (tertiary/aromatic N) is 3. The average molecular weight is 483 g/mol. The molecular formula is C22H25F3N4O3S. The van der Waals surface area contributed by atoms with Crippen LogP contribution in [0.4, 0.5) is 18.9 Å². The number of anilines is 1. The van der Waals surface area contributed by atoms with Gasteiger partial charge in [-0.1, -0.05) is 31.5 Å². The van der Waals surface area contributed by atoms with Crippen molar-refractivity contribution >= 4 is 32.7 Å². The first-order valence-electron chi connectivity index (χ1n) is 10.4. The highest BCUT2D eigenvalue weighted by molar-refractivity contribution is 7.89. The van der Waals surface area contributed by atoms with Gasteiger partial charge in [0.15, 0.2) is 0 Å². The number of benzene rings is 2. The van der Waals surface area contributed by atoms with Gasteiger partial charge in [-0.2, -0.15) is 17.5 Å². The maximum atomic E-state index is 13.7. The van der Waals surface area contributed by atoms with Crippen molar-refractivity contribution in [3.05, 3.63) is 53.9 Å². The summed E-state index contributed by atoms with van der Waals surface area (Å²) in [6.45, 7) is 5.44. The number of amides is 1. The maximum Gasteiger partial charge on any atom is 0.449 e. The second-order valence-electron chi connectivity index (χ2n) is 7.49. The normalized spacial score (nSPS) is 12.5. The molecular weight excluding hydrogens is 457 g/mol. The van der Waals surface area contributed by atoms with E-state index in [2.05, 4.69) is 10.3 Å². The first kappa shape index (κ1) is 24.7. The Morgan fingerprint density at radius 3 is 2.30 bits per heavy atom. The Bertz CT molecular complexity index is 1250. The first-order valence-corrected chi connectivity index (χ1v) is 11.9. The van der Waals surface area contributed by atoms with Crippen LogP contribution in [0.1, 0.15) is 31.7 Å². The van der Waals surface area contributed by atoms with Crippen LogP contribution < -0.4 is 5.32 Å². The standard InChI is InChI=1S/C22H25F3N4O3S/c1-4-28(5-2)33(31,32)17-10-11-19-18(14-17)27-21(22(23,24)25)29(19)13-12-20(30)26-16-8-6-15(3)7-9-16/h6-11,14H,4-5,12-13H2,1-3H3,(H,26,30). The van der Waals surface area contributed by atoms with Gasteiger partial charge in [-0.15, -0.1) is 0 Å². The minimum atomic E-state index is -4.77. The highest BCUT2D eigenvalue weighted by Gasteiger charge is 2.38. The number of rotatable bonds is 8. The number of carbonyl (C=O) groups excluding carboxylic acids is 1. The molecule has 11 heteroatoms. The number of halogens is 3. The molecule has 7 nitrogen and oxygen atoms in total. The van der Waals surface area contributed by atoms with E-state index in [1.54, 1.807) is 26.0 Å². The number of sulfonamides is 1. The Labute approximate surface area is 190 Å². The first-order chi connectivity index (χ1) is 15.5. The zero-order valence-corrected chi connectivity index (χ0v) is 19.3. The topological polar surface area (TPSA) is 84.3 Å². The number of alkyl halides is 3. The summed E-state index contributed by atoms with van der Waals surface area (Å²) in [4.78, 5) is 15.8.